The molecule has 1 saturated heterocycles. The van der Waals surface area contributed by atoms with Crippen molar-refractivity contribution in [3.8, 4) is 10.6 Å². The van der Waals surface area contributed by atoms with Crippen molar-refractivity contribution in [1.82, 2.24) is 24.3 Å². The Balaban J connectivity index is 1.51. The molecule has 0 bridgehead atoms. The molecule has 0 aromatic carbocycles. The third kappa shape index (κ3) is 5.21. The van der Waals surface area contributed by atoms with Crippen molar-refractivity contribution in [3.63, 3.8) is 0 Å². The fourth-order valence-electron chi connectivity index (χ4n) is 3.53. The Morgan fingerprint density at radius 1 is 1.27 bits per heavy atom. The lowest BCUT2D eigenvalue weighted by Gasteiger charge is -2.37. The van der Waals surface area contributed by atoms with Crippen molar-refractivity contribution >= 4 is 34.8 Å². The highest BCUT2D eigenvalue weighted by Crippen LogP contribution is 2.30. The average Bonchev–Trinajstić information content (AvgIpc) is 3.41. The normalized spacial score (nSPS) is 16.1. The van der Waals surface area contributed by atoms with Gasteiger partial charge in [0.15, 0.2) is 11.5 Å². The molecule has 1 aliphatic rings. The number of fused-ring (bicyclic) bond motifs is 1. The second-order valence-corrected chi connectivity index (χ2v) is 9.92. The Hall–Kier alpha value is -3.28. The van der Waals surface area contributed by atoms with E-state index in [1.165, 1.54) is 22.4 Å². The molecule has 4 heterocycles. The van der Waals surface area contributed by atoms with Gasteiger partial charge < -0.3 is 25.1 Å². The fourth-order valence-corrected chi connectivity index (χ4v) is 4.11. The van der Waals surface area contributed by atoms with Crippen molar-refractivity contribution < 1.29 is 18.7 Å². The Labute approximate surface area is 194 Å². The number of hydrogen-bond donors (Lipinski definition) is 2. The number of halogens is 1. The van der Waals surface area contributed by atoms with Crippen LogP contribution in [0.4, 0.5) is 15.0 Å². The van der Waals surface area contributed by atoms with Gasteiger partial charge in [-0.15, -0.1) is 11.3 Å². The van der Waals surface area contributed by atoms with E-state index in [-0.39, 0.29) is 38.2 Å². The second-order valence-electron chi connectivity index (χ2n) is 9.03. The molecule has 4 rings (SSSR count). The number of amides is 2. The van der Waals surface area contributed by atoms with E-state index in [9.17, 15) is 9.59 Å². The zero-order valence-electron chi connectivity index (χ0n) is 18.7. The largest absolute Gasteiger partial charge is 0.444 e. The number of nitrogens with one attached hydrogen (secondary N) is 1. The van der Waals surface area contributed by atoms with Gasteiger partial charge in [-0.2, -0.15) is 0 Å². The minimum Gasteiger partial charge on any atom is -0.444 e. The van der Waals surface area contributed by atoms with Crippen LogP contribution in [0.25, 0.3) is 16.2 Å². The van der Waals surface area contributed by atoms with Crippen molar-refractivity contribution in [2.24, 2.45) is 5.73 Å². The number of rotatable bonds is 5. The first-order valence-corrected chi connectivity index (χ1v) is 11.4. The van der Waals surface area contributed by atoms with Crippen molar-refractivity contribution in [2.75, 3.05) is 25.0 Å². The predicted octanol–water partition coefficient (Wildman–Crippen LogP) is 3.10. The summed E-state index contributed by atoms with van der Waals surface area (Å²) >= 11 is 1.41. The van der Waals surface area contributed by atoms with Gasteiger partial charge >= 0.3 is 6.09 Å². The lowest BCUT2D eigenvalue weighted by molar-refractivity contribution is 0.00574. The number of imidazole rings is 1. The molecule has 33 heavy (non-hydrogen) atoms. The third-order valence-electron chi connectivity index (χ3n) is 5.26. The molecule has 10 nitrogen and oxygen atoms in total. The summed E-state index contributed by atoms with van der Waals surface area (Å²) in [5.41, 5.74) is 5.98. The van der Waals surface area contributed by atoms with E-state index in [4.69, 9.17) is 10.5 Å². The highest BCUT2D eigenvalue weighted by Gasteiger charge is 2.37. The molecule has 1 fully saturated rings. The number of piperidine rings is 1. The summed E-state index contributed by atoms with van der Waals surface area (Å²) in [6.07, 6.45) is 4.79. The van der Waals surface area contributed by atoms with E-state index in [2.05, 4.69) is 20.3 Å². The Morgan fingerprint density at radius 2 is 2.00 bits per heavy atom. The first kappa shape index (κ1) is 22.9. The summed E-state index contributed by atoms with van der Waals surface area (Å²) in [5.74, 6) is -0.333. The molecule has 0 spiro atoms. The number of carbonyl (C=O) groups is 2. The van der Waals surface area contributed by atoms with Crippen molar-refractivity contribution in [2.45, 2.75) is 44.9 Å². The number of nitrogens with two attached hydrogens (primary N) is 1. The lowest BCUT2D eigenvalue weighted by Crippen LogP contribution is -2.48. The standard InChI is InChI=1S/C21H26FN7O3S/c1-20(2,3)32-19(31)28-6-4-21(22,5-7-28)11-25-17-18-27-14(16(23)30)10-29(18)9-13(26-17)15-8-24-12-33-15/h8-10,12H,4-7,11H2,1-3H3,(H2,23,30)(H,25,26). The molecule has 2 amide bonds. The molecular weight excluding hydrogens is 449 g/mol. The number of likely N-dealkylation sites (tertiary alicyclic amines) is 1. The molecule has 0 unspecified atom stereocenters. The van der Waals surface area contributed by atoms with Gasteiger partial charge in [-0.3, -0.25) is 9.78 Å². The van der Waals surface area contributed by atoms with Gasteiger partial charge in [0.1, 0.15) is 22.7 Å². The molecule has 3 N–H and O–H groups in total. The van der Waals surface area contributed by atoms with Crippen LogP contribution in [0.2, 0.25) is 0 Å². The smallest absolute Gasteiger partial charge is 0.410 e. The van der Waals surface area contributed by atoms with E-state index in [1.807, 2.05) is 0 Å². The quantitative estimate of drug-likeness (QED) is 0.580. The summed E-state index contributed by atoms with van der Waals surface area (Å²) in [5, 5.41) is 3.06. The number of primary amides is 1. The molecule has 3 aromatic rings. The fraction of sp³-hybridized carbons (Fsp3) is 0.476. The maximum absolute atomic E-state index is 15.6. The second kappa shape index (κ2) is 8.58. The van der Waals surface area contributed by atoms with Crippen LogP contribution in [0.3, 0.4) is 0 Å². The van der Waals surface area contributed by atoms with Crippen LogP contribution >= 0.6 is 11.3 Å². The van der Waals surface area contributed by atoms with E-state index in [1.54, 1.807) is 43.1 Å². The minimum absolute atomic E-state index is 0.0251. The zero-order chi connectivity index (χ0) is 23.8. The van der Waals surface area contributed by atoms with Gasteiger partial charge in [0.25, 0.3) is 5.91 Å². The van der Waals surface area contributed by atoms with Crippen LogP contribution in [-0.2, 0) is 4.74 Å². The first-order chi connectivity index (χ1) is 15.5. The molecular formula is C21H26FN7O3S. The van der Waals surface area contributed by atoms with Gasteiger partial charge in [-0.25, -0.2) is 19.2 Å². The summed E-state index contributed by atoms with van der Waals surface area (Å²) in [4.78, 5) is 39.1. The number of alkyl halides is 1. The van der Waals surface area contributed by atoms with Gasteiger partial charge in [0.2, 0.25) is 0 Å². The molecule has 12 heteroatoms. The van der Waals surface area contributed by atoms with Crippen molar-refractivity contribution in [1.29, 1.82) is 0 Å². The summed E-state index contributed by atoms with van der Waals surface area (Å²) in [7, 11) is 0. The van der Waals surface area contributed by atoms with Gasteiger partial charge in [-0.05, 0) is 20.8 Å². The van der Waals surface area contributed by atoms with Crippen LogP contribution < -0.4 is 11.1 Å². The average molecular weight is 476 g/mol. The van der Waals surface area contributed by atoms with Gasteiger partial charge in [0, 0.05) is 44.5 Å². The Morgan fingerprint density at radius 3 is 2.61 bits per heavy atom. The monoisotopic (exact) mass is 475 g/mol. The van der Waals surface area contributed by atoms with Crippen LogP contribution in [0.15, 0.2) is 24.1 Å². The Bertz CT molecular complexity index is 1160. The summed E-state index contributed by atoms with van der Waals surface area (Å²) in [6.45, 7) is 5.88. The maximum Gasteiger partial charge on any atom is 0.410 e. The van der Waals surface area contributed by atoms with Crippen LogP contribution in [0.5, 0.6) is 0 Å². The summed E-state index contributed by atoms with van der Waals surface area (Å²) in [6, 6.07) is 0. The third-order valence-corrected chi connectivity index (χ3v) is 6.05. The molecule has 0 atom stereocenters. The van der Waals surface area contributed by atoms with E-state index in [0.717, 1.165) is 4.88 Å². The molecule has 1 aliphatic heterocycles. The van der Waals surface area contributed by atoms with Crippen LogP contribution in [0.1, 0.15) is 44.1 Å². The number of hydrogen-bond acceptors (Lipinski definition) is 8. The highest BCUT2D eigenvalue weighted by atomic mass is 32.1. The number of nitrogens with zero attached hydrogens (tertiary/aromatic N) is 5. The number of ether oxygens (including phenoxy) is 1. The zero-order valence-corrected chi connectivity index (χ0v) is 19.5. The summed E-state index contributed by atoms with van der Waals surface area (Å²) < 4.78 is 22.6. The maximum atomic E-state index is 15.6. The van der Waals surface area contributed by atoms with Crippen molar-refractivity contribution in [3.05, 3.63) is 29.8 Å². The highest BCUT2D eigenvalue weighted by molar-refractivity contribution is 7.13. The number of anilines is 1. The number of thiazole rings is 1. The number of aromatic nitrogens is 4. The molecule has 3 aromatic heterocycles. The van der Waals surface area contributed by atoms with E-state index < -0.39 is 23.3 Å². The van der Waals surface area contributed by atoms with Crippen LogP contribution in [-0.4, -0.2) is 67.2 Å². The van der Waals surface area contributed by atoms with Gasteiger partial charge in [-0.1, -0.05) is 0 Å². The number of carbonyl (C=O) groups excluding carboxylic acids is 2. The molecule has 0 radical (unpaired) electrons. The molecule has 176 valence electrons. The molecule has 0 saturated carbocycles. The lowest BCUT2D eigenvalue weighted by atomic mass is 9.93. The molecule has 0 aliphatic carbocycles. The van der Waals surface area contributed by atoms with Crippen LogP contribution in [0, 0.1) is 0 Å². The predicted molar refractivity (Wildman–Crippen MR) is 122 cm³/mol. The first-order valence-electron chi connectivity index (χ1n) is 10.5. The van der Waals surface area contributed by atoms with Gasteiger partial charge in [0.05, 0.1) is 16.9 Å². The van der Waals surface area contributed by atoms with E-state index >= 15 is 4.39 Å². The Kier molecular flexibility index (Phi) is 5.95. The SMILES string of the molecule is CC(C)(C)OC(=O)N1CCC(F)(CNc2nc(-c3cncs3)cn3cc(C(N)=O)nc23)CC1. The minimum atomic E-state index is -1.54. The van der Waals surface area contributed by atoms with E-state index in [0.29, 0.717) is 17.2 Å². The topological polar surface area (TPSA) is 128 Å².